The molecule has 1 unspecified atom stereocenters. The predicted octanol–water partition coefficient (Wildman–Crippen LogP) is 4.39. The van der Waals surface area contributed by atoms with E-state index in [1.807, 2.05) is 26.0 Å². The van der Waals surface area contributed by atoms with E-state index in [4.69, 9.17) is 9.15 Å². The molecule has 0 radical (unpaired) electrons. The third-order valence-electron chi connectivity index (χ3n) is 3.27. The molecule has 0 amide bonds. The van der Waals surface area contributed by atoms with E-state index in [1.54, 1.807) is 7.11 Å². The number of hydrogen-bond donors (Lipinski definition) is 1. The second kappa shape index (κ2) is 5.39. The number of anilines is 1. The Labute approximate surface area is 114 Å². The molecule has 3 heteroatoms. The van der Waals surface area contributed by atoms with Crippen molar-refractivity contribution in [2.45, 2.75) is 33.7 Å². The Hall–Kier alpha value is -1.90. The average molecular weight is 259 g/mol. The third-order valence-corrected chi connectivity index (χ3v) is 3.27. The molecule has 0 fully saturated rings. The Morgan fingerprint density at radius 1 is 1.16 bits per heavy atom. The minimum atomic E-state index is 0.175. The molecule has 1 heterocycles. The molecule has 3 nitrogen and oxygen atoms in total. The van der Waals surface area contributed by atoms with Crippen molar-refractivity contribution in [1.29, 1.82) is 0 Å². The zero-order valence-corrected chi connectivity index (χ0v) is 12.2. The quantitative estimate of drug-likeness (QED) is 0.884. The lowest BCUT2D eigenvalue weighted by atomic mass is 10.1. The Balaban J connectivity index is 2.23. The first-order valence-corrected chi connectivity index (χ1v) is 6.49. The van der Waals surface area contributed by atoms with Crippen LogP contribution in [0.5, 0.6) is 5.75 Å². The molecule has 1 N–H and O–H groups in total. The highest BCUT2D eigenvalue weighted by atomic mass is 16.5. The van der Waals surface area contributed by atoms with E-state index in [0.717, 1.165) is 23.0 Å². The number of hydrogen-bond acceptors (Lipinski definition) is 3. The summed E-state index contributed by atoms with van der Waals surface area (Å²) in [6, 6.07) is 8.41. The fourth-order valence-electron chi connectivity index (χ4n) is 2.31. The molecule has 0 bridgehead atoms. The van der Waals surface area contributed by atoms with Gasteiger partial charge in [0, 0.05) is 5.56 Å². The SMILES string of the molecule is COc1cc(C)ccc1NC(C)c1cc(C)oc1C. The van der Waals surface area contributed by atoms with Gasteiger partial charge in [-0.1, -0.05) is 6.07 Å². The van der Waals surface area contributed by atoms with Gasteiger partial charge in [0.2, 0.25) is 0 Å². The van der Waals surface area contributed by atoms with Gasteiger partial charge in [-0.15, -0.1) is 0 Å². The van der Waals surface area contributed by atoms with Gasteiger partial charge in [-0.05, 0) is 51.5 Å². The van der Waals surface area contributed by atoms with Crippen LogP contribution in [0, 0.1) is 20.8 Å². The second-order valence-electron chi connectivity index (χ2n) is 4.94. The minimum absolute atomic E-state index is 0.175. The maximum absolute atomic E-state index is 5.58. The van der Waals surface area contributed by atoms with E-state index < -0.39 is 0 Å². The summed E-state index contributed by atoms with van der Waals surface area (Å²) in [7, 11) is 1.69. The summed E-state index contributed by atoms with van der Waals surface area (Å²) >= 11 is 0. The molecule has 0 aliphatic heterocycles. The molecule has 0 spiro atoms. The van der Waals surface area contributed by atoms with Crippen molar-refractivity contribution in [2.24, 2.45) is 0 Å². The smallest absolute Gasteiger partial charge is 0.142 e. The van der Waals surface area contributed by atoms with Crippen LogP contribution >= 0.6 is 0 Å². The molecule has 1 aromatic carbocycles. The normalized spacial score (nSPS) is 12.3. The Kier molecular flexibility index (Phi) is 3.84. The van der Waals surface area contributed by atoms with Gasteiger partial charge in [0.05, 0.1) is 18.8 Å². The van der Waals surface area contributed by atoms with E-state index >= 15 is 0 Å². The molecular formula is C16H21NO2. The van der Waals surface area contributed by atoms with E-state index in [2.05, 4.69) is 31.3 Å². The number of aryl methyl sites for hydroxylation is 3. The zero-order valence-electron chi connectivity index (χ0n) is 12.2. The van der Waals surface area contributed by atoms with E-state index in [-0.39, 0.29) is 6.04 Å². The predicted molar refractivity (Wildman–Crippen MR) is 78.0 cm³/mol. The first kappa shape index (κ1) is 13.5. The largest absolute Gasteiger partial charge is 0.495 e. The summed E-state index contributed by atoms with van der Waals surface area (Å²) in [6.07, 6.45) is 0. The summed E-state index contributed by atoms with van der Waals surface area (Å²) in [5, 5.41) is 3.47. The fourth-order valence-corrected chi connectivity index (χ4v) is 2.31. The van der Waals surface area contributed by atoms with Gasteiger partial charge in [0.1, 0.15) is 17.3 Å². The van der Waals surface area contributed by atoms with Crippen molar-refractivity contribution in [2.75, 3.05) is 12.4 Å². The van der Waals surface area contributed by atoms with Gasteiger partial charge in [0.15, 0.2) is 0 Å². The van der Waals surface area contributed by atoms with Crippen LogP contribution in [0.1, 0.15) is 35.6 Å². The van der Waals surface area contributed by atoms with E-state index in [9.17, 15) is 0 Å². The van der Waals surface area contributed by atoms with Crippen LogP contribution in [0.15, 0.2) is 28.7 Å². The van der Waals surface area contributed by atoms with Crippen LogP contribution in [-0.4, -0.2) is 7.11 Å². The van der Waals surface area contributed by atoms with Crippen LogP contribution < -0.4 is 10.1 Å². The topological polar surface area (TPSA) is 34.4 Å². The van der Waals surface area contributed by atoms with Gasteiger partial charge in [0.25, 0.3) is 0 Å². The van der Waals surface area contributed by atoms with Gasteiger partial charge in [-0.2, -0.15) is 0 Å². The third kappa shape index (κ3) is 2.92. The van der Waals surface area contributed by atoms with Crippen molar-refractivity contribution < 1.29 is 9.15 Å². The van der Waals surface area contributed by atoms with Crippen molar-refractivity contribution in [3.63, 3.8) is 0 Å². The number of rotatable bonds is 4. The molecule has 0 aliphatic carbocycles. The van der Waals surface area contributed by atoms with Crippen LogP contribution in [0.25, 0.3) is 0 Å². The molecule has 1 aromatic heterocycles. The molecule has 102 valence electrons. The maximum Gasteiger partial charge on any atom is 0.142 e. The van der Waals surface area contributed by atoms with Crippen molar-refractivity contribution in [1.82, 2.24) is 0 Å². The monoisotopic (exact) mass is 259 g/mol. The number of nitrogens with one attached hydrogen (secondary N) is 1. The molecule has 0 saturated heterocycles. The summed E-state index contributed by atoms with van der Waals surface area (Å²) in [5.74, 6) is 2.77. The van der Waals surface area contributed by atoms with E-state index in [0.29, 0.717) is 0 Å². The molecule has 0 saturated carbocycles. The van der Waals surface area contributed by atoms with Crippen LogP contribution in [-0.2, 0) is 0 Å². The van der Waals surface area contributed by atoms with Crippen molar-refractivity contribution >= 4 is 5.69 Å². The highest BCUT2D eigenvalue weighted by molar-refractivity contribution is 5.58. The zero-order chi connectivity index (χ0) is 14.0. The molecule has 2 aromatic rings. The highest BCUT2D eigenvalue weighted by Gasteiger charge is 2.14. The van der Waals surface area contributed by atoms with Crippen molar-refractivity contribution in [3.05, 3.63) is 46.9 Å². The van der Waals surface area contributed by atoms with Gasteiger partial charge < -0.3 is 14.5 Å². The highest BCUT2D eigenvalue weighted by Crippen LogP contribution is 2.30. The molecule has 1 atom stereocenters. The molecule has 0 aliphatic rings. The fraction of sp³-hybridized carbons (Fsp3) is 0.375. The lowest BCUT2D eigenvalue weighted by Gasteiger charge is -2.17. The number of furan rings is 1. The van der Waals surface area contributed by atoms with Crippen LogP contribution in [0.2, 0.25) is 0 Å². The second-order valence-corrected chi connectivity index (χ2v) is 4.94. The van der Waals surface area contributed by atoms with Gasteiger partial charge in [-0.3, -0.25) is 0 Å². The molecule has 2 rings (SSSR count). The number of methoxy groups -OCH3 is 1. The average Bonchev–Trinajstić information content (AvgIpc) is 2.70. The Bertz CT molecular complexity index is 572. The maximum atomic E-state index is 5.58. The standard InChI is InChI=1S/C16H21NO2/c1-10-6-7-15(16(8-10)18-5)17-12(3)14-9-11(2)19-13(14)4/h6-9,12,17H,1-5H3. The first-order valence-electron chi connectivity index (χ1n) is 6.49. The Morgan fingerprint density at radius 2 is 1.89 bits per heavy atom. The van der Waals surface area contributed by atoms with Crippen LogP contribution in [0.3, 0.4) is 0 Å². The molecular weight excluding hydrogens is 238 g/mol. The molecule has 19 heavy (non-hydrogen) atoms. The van der Waals surface area contributed by atoms with Gasteiger partial charge in [-0.25, -0.2) is 0 Å². The summed E-state index contributed by atoms with van der Waals surface area (Å²) in [6.45, 7) is 8.14. The lowest BCUT2D eigenvalue weighted by molar-refractivity contribution is 0.415. The van der Waals surface area contributed by atoms with Crippen molar-refractivity contribution in [3.8, 4) is 5.75 Å². The number of ether oxygens (including phenoxy) is 1. The summed E-state index contributed by atoms with van der Waals surface area (Å²) in [4.78, 5) is 0. The number of benzene rings is 1. The van der Waals surface area contributed by atoms with Crippen LogP contribution in [0.4, 0.5) is 5.69 Å². The minimum Gasteiger partial charge on any atom is -0.495 e. The first-order chi connectivity index (χ1) is 9.01. The summed E-state index contributed by atoms with van der Waals surface area (Å²) < 4.78 is 11.0. The lowest BCUT2D eigenvalue weighted by Crippen LogP contribution is -2.08. The Morgan fingerprint density at radius 3 is 2.47 bits per heavy atom. The van der Waals surface area contributed by atoms with Gasteiger partial charge >= 0.3 is 0 Å². The van der Waals surface area contributed by atoms with E-state index in [1.165, 1.54) is 11.1 Å². The summed E-state index contributed by atoms with van der Waals surface area (Å²) in [5.41, 5.74) is 3.37.